The lowest BCUT2D eigenvalue weighted by Crippen LogP contribution is -2.30. The third-order valence-corrected chi connectivity index (χ3v) is 6.71. The Bertz CT molecular complexity index is 981. The Kier molecular flexibility index (Phi) is 5.81. The molecule has 0 unspecified atom stereocenters. The van der Waals surface area contributed by atoms with Crippen LogP contribution in [0.5, 0.6) is 0 Å². The number of hydrogen-bond donors (Lipinski definition) is 2. The first-order valence-corrected chi connectivity index (χ1v) is 10.0. The van der Waals surface area contributed by atoms with E-state index in [4.69, 9.17) is 5.73 Å². The van der Waals surface area contributed by atoms with Crippen molar-refractivity contribution in [2.45, 2.75) is 19.9 Å². The molecule has 0 radical (unpaired) electrons. The summed E-state index contributed by atoms with van der Waals surface area (Å²) in [5, 5.41) is 3.78. The van der Waals surface area contributed by atoms with Gasteiger partial charge in [0.1, 0.15) is 5.00 Å². The summed E-state index contributed by atoms with van der Waals surface area (Å²) in [5.41, 5.74) is 7.84. The van der Waals surface area contributed by atoms with Crippen LogP contribution < -0.4 is 11.1 Å². The maximum Gasteiger partial charge on any atom is 0.285 e. The van der Waals surface area contributed by atoms with Crippen molar-refractivity contribution in [1.82, 2.24) is 9.88 Å². The summed E-state index contributed by atoms with van der Waals surface area (Å²) < 4.78 is 0.955. The van der Waals surface area contributed by atoms with Crippen LogP contribution in [0.2, 0.25) is 0 Å². The van der Waals surface area contributed by atoms with Crippen molar-refractivity contribution in [1.29, 1.82) is 0 Å². The fraction of sp³-hybridized carbons (Fsp3) is 0.278. The van der Waals surface area contributed by atoms with Gasteiger partial charge in [0.05, 0.1) is 15.8 Å². The molecule has 0 atom stereocenters. The van der Waals surface area contributed by atoms with E-state index in [1.807, 2.05) is 24.3 Å². The number of thiazole rings is 1. The molecular formula is C18H19ClN4O2S2. The highest BCUT2D eigenvalue weighted by molar-refractivity contribution is 7.20. The lowest BCUT2D eigenvalue weighted by Gasteiger charge is -2.25. The number of likely N-dealkylation sites (N-methyl/N-ethyl adjacent to an activating group) is 1. The highest BCUT2D eigenvalue weighted by Crippen LogP contribution is 2.37. The van der Waals surface area contributed by atoms with Crippen LogP contribution in [0, 0.1) is 0 Å². The van der Waals surface area contributed by atoms with Crippen molar-refractivity contribution in [2.75, 3.05) is 18.4 Å². The van der Waals surface area contributed by atoms with Crippen molar-refractivity contribution >= 4 is 62.1 Å². The maximum absolute atomic E-state index is 12.7. The Morgan fingerprint density at radius 1 is 1.30 bits per heavy atom. The number of nitrogens with one attached hydrogen (secondary N) is 1. The fourth-order valence-corrected chi connectivity index (χ4v) is 5.35. The monoisotopic (exact) mass is 422 g/mol. The van der Waals surface area contributed by atoms with E-state index >= 15 is 0 Å². The molecule has 0 saturated heterocycles. The average Bonchev–Trinajstić information content (AvgIpc) is 3.21. The molecule has 4 rings (SSSR count). The molecule has 3 heterocycles. The second-order valence-corrected chi connectivity index (χ2v) is 8.27. The number of carbonyl (C=O) groups is 2. The number of carbonyl (C=O) groups excluding carboxylic acids is 2. The minimum absolute atomic E-state index is 0. The maximum atomic E-state index is 12.7. The highest BCUT2D eigenvalue weighted by Gasteiger charge is 2.27. The van der Waals surface area contributed by atoms with Gasteiger partial charge in [-0.1, -0.05) is 19.1 Å². The topological polar surface area (TPSA) is 88.3 Å². The zero-order chi connectivity index (χ0) is 18.3. The van der Waals surface area contributed by atoms with Crippen LogP contribution in [0.4, 0.5) is 5.00 Å². The van der Waals surface area contributed by atoms with Crippen LogP contribution in [0.15, 0.2) is 24.3 Å². The Balaban J connectivity index is 0.00000210. The molecular weight excluding hydrogens is 404 g/mol. The highest BCUT2D eigenvalue weighted by atomic mass is 35.5. The molecule has 2 aromatic heterocycles. The van der Waals surface area contributed by atoms with Crippen molar-refractivity contribution in [3.63, 3.8) is 0 Å². The van der Waals surface area contributed by atoms with Gasteiger partial charge in [-0.15, -0.1) is 35.1 Å². The number of para-hydroxylation sites is 1. The second kappa shape index (κ2) is 7.93. The fourth-order valence-electron chi connectivity index (χ4n) is 3.20. The summed E-state index contributed by atoms with van der Waals surface area (Å²) in [4.78, 5) is 32.5. The summed E-state index contributed by atoms with van der Waals surface area (Å²) >= 11 is 2.78. The minimum Gasteiger partial charge on any atom is -0.365 e. The van der Waals surface area contributed by atoms with Crippen molar-refractivity contribution in [2.24, 2.45) is 5.73 Å². The smallest absolute Gasteiger partial charge is 0.285 e. The van der Waals surface area contributed by atoms with E-state index in [1.54, 1.807) is 0 Å². The Labute approximate surface area is 170 Å². The number of fused-ring (bicyclic) bond motifs is 2. The molecule has 0 spiro atoms. The average molecular weight is 423 g/mol. The number of rotatable bonds is 4. The zero-order valence-corrected chi connectivity index (χ0v) is 17.1. The van der Waals surface area contributed by atoms with Gasteiger partial charge in [0, 0.05) is 18.0 Å². The van der Waals surface area contributed by atoms with Gasteiger partial charge >= 0.3 is 0 Å². The number of nitrogens with zero attached hydrogens (tertiary/aromatic N) is 2. The molecule has 1 aliphatic heterocycles. The molecule has 27 heavy (non-hydrogen) atoms. The van der Waals surface area contributed by atoms with Gasteiger partial charge in [0.25, 0.3) is 11.8 Å². The Hall–Kier alpha value is -2.00. The normalized spacial score (nSPS) is 13.8. The largest absolute Gasteiger partial charge is 0.365 e. The first kappa shape index (κ1) is 19.8. The number of halogens is 1. The zero-order valence-electron chi connectivity index (χ0n) is 14.7. The van der Waals surface area contributed by atoms with Crippen LogP contribution in [0.25, 0.3) is 10.2 Å². The molecule has 9 heteroatoms. The van der Waals surface area contributed by atoms with Crippen LogP contribution in [0.3, 0.4) is 0 Å². The van der Waals surface area contributed by atoms with E-state index in [2.05, 4.69) is 22.1 Å². The molecule has 6 nitrogen and oxygen atoms in total. The molecule has 3 N–H and O–H groups in total. The summed E-state index contributed by atoms with van der Waals surface area (Å²) in [5.74, 6) is -0.799. The van der Waals surface area contributed by atoms with E-state index in [9.17, 15) is 9.59 Å². The standard InChI is InChI=1S/C18H18N4O2S2.ClH/c1-2-22-8-7-10-13(9-22)26-17(14(10)15(19)23)21-16(24)18-20-11-5-3-4-6-12(11)25-18;/h3-6H,2,7-9H2,1H3,(H2,19,23)(H,21,24);1H. The predicted octanol–water partition coefficient (Wildman–Crippen LogP) is 3.51. The summed E-state index contributed by atoms with van der Waals surface area (Å²) in [6.07, 6.45) is 0.773. The SMILES string of the molecule is CCN1CCc2c(sc(NC(=O)c3nc4ccccc4s3)c2C(N)=O)C1.Cl. The molecule has 1 aliphatic rings. The van der Waals surface area contributed by atoms with Crippen molar-refractivity contribution < 1.29 is 9.59 Å². The Morgan fingerprint density at radius 2 is 2.07 bits per heavy atom. The lowest BCUT2D eigenvalue weighted by molar-refractivity contribution is 0.1000. The van der Waals surface area contributed by atoms with Gasteiger partial charge in [-0.3, -0.25) is 14.5 Å². The van der Waals surface area contributed by atoms with E-state index in [0.29, 0.717) is 15.6 Å². The van der Waals surface area contributed by atoms with Gasteiger partial charge in [0.2, 0.25) is 0 Å². The van der Waals surface area contributed by atoms with Crippen molar-refractivity contribution in [3.05, 3.63) is 45.3 Å². The summed E-state index contributed by atoms with van der Waals surface area (Å²) in [6, 6.07) is 7.62. The molecule has 0 saturated carbocycles. The van der Waals surface area contributed by atoms with E-state index < -0.39 is 5.91 Å². The van der Waals surface area contributed by atoms with Crippen LogP contribution in [-0.4, -0.2) is 34.8 Å². The number of nitrogens with two attached hydrogens (primary N) is 1. The van der Waals surface area contributed by atoms with E-state index in [1.165, 1.54) is 22.7 Å². The van der Waals surface area contributed by atoms with Gasteiger partial charge in [-0.2, -0.15) is 0 Å². The quantitative estimate of drug-likeness (QED) is 0.673. The minimum atomic E-state index is -0.493. The molecule has 0 fully saturated rings. The van der Waals surface area contributed by atoms with Crippen LogP contribution in [0.1, 0.15) is 37.5 Å². The third kappa shape index (κ3) is 3.70. The Morgan fingerprint density at radius 3 is 2.78 bits per heavy atom. The second-order valence-electron chi connectivity index (χ2n) is 6.13. The predicted molar refractivity (Wildman–Crippen MR) is 112 cm³/mol. The van der Waals surface area contributed by atoms with E-state index in [-0.39, 0.29) is 18.3 Å². The molecule has 0 bridgehead atoms. The molecule has 1 aromatic carbocycles. The van der Waals surface area contributed by atoms with Crippen molar-refractivity contribution in [3.8, 4) is 0 Å². The van der Waals surface area contributed by atoms with Gasteiger partial charge < -0.3 is 11.1 Å². The molecule has 142 valence electrons. The molecule has 3 aromatic rings. The van der Waals surface area contributed by atoms with Crippen LogP contribution >= 0.6 is 35.1 Å². The molecule has 0 aliphatic carbocycles. The number of amides is 2. The number of benzene rings is 1. The molecule has 2 amide bonds. The third-order valence-electron chi connectivity index (χ3n) is 4.54. The number of aromatic nitrogens is 1. The lowest BCUT2D eigenvalue weighted by atomic mass is 10.0. The first-order valence-electron chi connectivity index (χ1n) is 8.40. The van der Waals surface area contributed by atoms with Gasteiger partial charge in [-0.05, 0) is 30.7 Å². The summed E-state index contributed by atoms with van der Waals surface area (Å²) in [7, 11) is 0. The number of anilines is 1. The summed E-state index contributed by atoms with van der Waals surface area (Å²) in [6.45, 7) is 4.75. The van der Waals surface area contributed by atoms with Gasteiger partial charge in [0.15, 0.2) is 5.01 Å². The number of primary amides is 1. The number of hydrogen-bond acceptors (Lipinski definition) is 6. The van der Waals surface area contributed by atoms with Gasteiger partial charge in [-0.25, -0.2) is 4.98 Å². The van der Waals surface area contributed by atoms with Crippen LogP contribution in [-0.2, 0) is 13.0 Å². The first-order chi connectivity index (χ1) is 12.6. The van der Waals surface area contributed by atoms with E-state index in [0.717, 1.165) is 46.7 Å². The number of thiophene rings is 1.